The van der Waals surface area contributed by atoms with Gasteiger partial charge in [-0.2, -0.15) is 0 Å². The van der Waals surface area contributed by atoms with E-state index < -0.39 is 6.10 Å². The van der Waals surface area contributed by atoms with Gasteiger partial charge >= 0.3 is 0 Å². The predicted octanol–water partition coefficient (Wildman–Crippen LogP) is 3.72. The Bertz CT molecular complexity index is 698. The Hall–Kier alpha value is -1.88. The van der Waals surface area contributed by atoms with Gasteiger partial charge < -0.3 is 14.6 Å². The van der Waals surface area contributed by atoms with Crippen molar-refractivity contribution in [3.05, 3.63) is 65.2 Å². The molecule has 146 valence electrons. The summed E-state index contributed by atoms with van der Waals surface area (Å²) in [7, 11) is 0. The van der Waals surface area contributed by atoms with E-state index in [9.17, 15) is 5.11 Å². The van der Waals surface area contributed by atoms with Crippen molar-refractivity contribution >= 4 is 0 Å². The molecule has 2 atom stereocenters. The molecule has 1 aliphatic rings. The molecular formula is C23H31NO3. The fourth-order valence-electron chi connectivity index (χ4n) is 3.60. The second-order valence-electron chi connectivity index (χ2n) is 7.54. The standard InChI is InChI=1S/C23H31NO3/c1-18-10-11-20(19(2)13-18)14-24(16-23-9-6-12-26-23)15-21(25)17-27-22-7-4-3-5-8-22/h3-5,7-8,10-11,13,21,23,25H,6,9,12,14-17H2,1-2H3/t21-,23+/m1/s1. The number of hydrogen-bond acceptors (Lipinski definition) is 4. The van der Waals surface area contributed by atoms with E-state index in [1.165, 1.54) is 16.7 Å². The summed E-state index contributed by atoms with van der Waals surface area (Å²) in [6.45, 7) is 7.64. The lowest BCUT2D eigenvalue weighted by molar-refractivity contribution is 0.0313. The maximum absolute atomic E-state index is 10.5. The average Bonchev–Trinajstić information content (AvgIpc) is 3.16. The van der Waals surface area contributed by atoms with Crippen molar-refractivity contribution in [3.63, 3.8) is 0 Å². The monoisotopic (exact) mass is 369 g/mol. The van der Waals surface area contributed by atoms with Gasteiger partial charge in [0.1, 0.15) is 18.5 Å². The van der Waals surface area contributed by atoms with Gasteiger partial charge in [-0.05, 0) is 49.9 Å². The molecule has 0 bridgehead atoms. The van der Waals surface area contributed by atoms with Gasteiger partial charge in [-0.3, -0.25) is 4.90 Å². The van der Waals surface area contributed by atoms with Crippen LogP contribution in [0.4, 0.5) is 0 Å². The molecule has 4 heteroatoms. The van der Waals surface area contributed by atoms with Crippen molar-refractivity contribution in [2.45, 2.75) is 45.4 Å². The smallest absolute Gasteiger partial charge is 0.119 e. The minimum Gasteiger partial charge on any atom is -0.491 e. The second kappa shape index (κ2) is 9.88. The third-order valence-electron chi connectivity index (χ3n) is 5.03. The third kappa shape index (κ3) is 6.35. The van der Waals surface area contributed by atoms with Crippen molar-refractivity contribution < 1.29 is 14.6 Å². The number of aliphatic hydroxyl groups excluding tert-OH is 1. The van der Waals surface area contributed by atoms with Crippen LogP contribution in [-0.4, -0.2) is 48.5 Å². The topological polar surface area (TPSA) is 41.9 Å². The average molecular weight is 370 g/mol. The number of benzene rings is 2. The molecule has 3 rings (SSSR count). The number of nitrogens with zero attached hydrogens (tertiary/aromatic N) is 1. The van der Waals surface area contributed by atoms with Crippen LogP contribution in [0.25, 0.3) is 0 Å². The number of para-hydroxylation sites is 1. The van der Waals surface area contributed by atoms with E-state index in [0.717, 1.165) is 38.3 Å². The molecule has 2 aromatic rings. The van der Waals surface area contributed by atoms with E-state index in [-0.39, 0.29) is 6.10 Å². The van der Waals surface area contributed by atoms with E-state index >= 15 is 0 Å². The van der Waals surface area contributed by atoms with Crippen LogP contribution in [-0.2, 0) is 11.3 Å². The predicted molar refractivity (Wildman–Crippen MR) is 108 cm³/mol. The van der Waals surface area contributed by atoms with Gasteiger partial charge in [0.05, 0.1) is 6.10 Å². The van der Waals surface area contributed by atoms with Crippen molar-refractivity contribution in [2.24, 2.45) is 0 Å². The van der Waals surface area contributed by atoms with Crippen LogP contribution in [0.2, 0.25) is 0 Å². The SMILES string of the molecule is Cc1ccc(CN(C[C@@H](O)COc2ccccc2)C[C@@H]2CCCO2)c(C)c1. The second-order valence-corrected chi connectivity index (χ2v) is 7.54. The largest absolute Gasteiger partial charge is 0.491 e. The molecule has 1 heterocycles. The molecule has 0 aliphatic carbocycles. The van der Waals surface area contributed by atoms with Crippen LogP contribution in [0, 0.1) is 13.8 Å². The summed E-state index contributed by atoms with van der Waals surface area (Å²) in [6, 6.07) is 16.2. The zero-order valence-electron chi connectivity index (χ0n) is 16.4. The van der Waals surface area contributed by atoms with Gasteiger partial charge in [-0.15, -0.1) is 0 Å². The van der Waals surface area contributed by atoms with Gasteiger partial charge in [0, 0.05) is 26.2 Å². The molecule has 0 radical (unpaired) electrons. The molecule has 0 spiro atoms. The number of aliphatic hydroxyl groups is 1. The third-order valence-corrected chi connectivity index (χ3v) is 5.03. The van der Waals surface area contributed by atoms with Gasteiger partial charge in [-0.25, -0.2) is 0 Å². The van der Waals surface area contributed by atoms with Crippen LogP contribution < -0.4 is 4.74 Å². The summed E-state index contributed by atoms with van der Waals surface area (Å²) in [5, 5.41) is 10.5. The Kier molecular flexibility index (Phi) is 7.27. The highest BCUT2D eigenvalue weighted by Crippen LogP contribution is 2.18. The highest BCUT2D eigenvalue weighted by Gasteiger charge is 2.22. The number of rotatable bonds is 9. The number of hydrogen-bond donors (Lipinski definition) is 1. The minimum atomic E-state index is -0.544. The maximum Gasteiger partial charge on any atom is 0.119 e. The number of ether oxygens (including phenoxy) is 2. The molecule has 2 aromatic carbocycles. The Labute approximate surface area is 162 Å². The fraction of sp³-hybridized carbons (Fsp3) is 0.478. The number of aryl methyl sites for hydroxylation is 2. The molecule has 1 fully saturated rings. The van der Waals surface area contributed by atoms with Gasteiger partial charge in [0.15, 0.2) is 0 Å². The van der Waals surface area contributed by atoms with E-state index in [1.54, 1.807) is 0 Å². The summed E-state index contributed by atoms with van der Waals surface area (Å²) < 4.78 is 11.5. The first-order valence-electron chi connectivity index (χ1n) is 9.86. The molecular weight excluding hydrogens is 338 g/mol. The maximum atomic E-state index is 10.5. The van der Waals surface area contributed by atoms with E-state index in [2.05, 4.69) is 36.9 Å². The van der Waals surface area contributed by atoms with Crippen LogP contribution in [0.1, 0.15) is 29.5 Å². The summed E-state index contributed by atoms with van der Waals surface area (Å²) >= 11 is 0. The van der Waals surface area contributed by atoms with Crippen molar-refractivity contribution in [1.82, 2.24) is 4.90 Å². The van der Waals surface area contributed by atoms with Gasteiger partial charge in [0.2, 0.25) is 0 Å². The normalized spacial score (nSPS) is 18.0. The van der Waals surface area contributed by atoms with E-state index in [4.69, 9.17) is 9.47 Å². The Balaban J connectivity index is 1.59. The highest BCUT2D eigenvalue weighted by atomic mass is 16.5. The van der Waals surface area contributed by atoms with Gasteiger partial charge in [-0.1, -0.05) is 42.0 Å². The lowest BCUT2D eigenvalue weighted by atomic mass is 10.0. The molecule has 1 aliphatic heterocycles. The quantitative estimate of drug-likeness (QED) is 0.731. The Morgan fingerprint density at radius 1 is 1.19 bits per heavy atom. The molecule has 0 saturated carbocycles. The highest BCUT2D eigenvalue weighted by molar-refractivity contribution is 5.30. The summed E-state index contributed by atoms with van der Waals surface area (Å²) in [6.07, 6.45) is 1.94. The summed E-state index contributed by atoms with van der Waals surface area (Å²) in [4.78, 5) is 2.30. The van der Waals surface area contributed by atoms with Crippen molar-refractivity contribution in [1.29, 1.82) is 0 Å². The molecule has 1 saturated heterocycles. The molecule has 27 heavy (non-hydrogen) atoms. The van der Waals surface area contributed by atoms with E-state index in [1.807, 2.05) is 30.3 Å². The molecule has 0 unspecified atom stereocenters. The zero-order valence-corrected chi connectivity index (χ0v) is 16.4. The van der Waals surface area contributed by atoms with Crippen LogP contribution >= 0.6 is 0 Å². The first-order chi connectivity index (χ1) is 13.1. The van der Waals surface area contributed by atoms with Crippen LogP contribution in [0.3, 0.4) is 0 Å². The molecule has 1 N–H and O–H groups in total. The zero-order chi connectivity index (χ0) is 19.1. The molecule has 0 amide bonds. The lowest BCUT2D eigenvalue weighted by Gasteiger charge is -2.28. The Morgan fingerprint density at radius 3 is 2.70 bits per heavy atom. The summed E-state index contributed by atoms with van der Waals surface area (Å²) in [5.41, 5.74) is 3.87. The van der Waals surface area contributed by atoms with Crippen molar-refractivity contribution in [3.8, 4) is 5.75 Å². The first-order valence-corrected chi connectivity index (χ1v) is 9.86. The van der Waals surface area contributed by atoms with Gasteiger partial charge in [0.25, 0.3) is 0 Å². The fourth-order valence-corrected chi connectivity index (χ4v) is 3.60. The lowest BCUT2D eigenvalue weighted by Crippen LogP contribution is -2.39. The molecule has 4 nitrogen and oxygen atoms in total. The summed E-state index contributed by atoms with van der Waals surface area (Å²) in [5.74, 6) is 0.789. The Morgan fingerprint density at radius 2 is 2.00 bits per heavy atom. The van der Waals surface area contributed by atoms with E-state index in [0.29, 0.717) is 13.2 Å². The van der Waals surface area contributed by atoms with Crippen LogP contribution in [0.5, 0.6) is 5.75 Å². The molecule has 0 aromatic heterocycles. The first kappa shape index (κ1) is 19.9. The van der Waals surface area contributed by atoms with Crippen molar-refractivity contribution in [2.75, 3.05) is 26.3 Å². The van der Waals surface area contributed by atoms with Crippen LogP contribution in [0.15, 0.2) is 48.5 Å². The minimum absolute atomic E-state index is 0.262.